The molecule has 1 saturated heterocycles. The van der Waals surface area contributed by atoms with Crippen molar-refractivity contribution >= 4 is 23.0 Å². The molecule has 0 saturated carbocycles. The highest BCUT2D eigenvalue weighted by Gasteiger charge is 2.28. The van der Waals surface area contributed by atoms with Gasteiger partial charge in [-0.2, -0.15) is 0 Å². The van der Waals surface area contributed by atoms with Gasteiger partial charge < -0.3 is 15.4 Å². The van der Waals surface area contributed by atoms with E-state index in [0.29, 0.717) is 10.9 Å². The molecule has 4 nitrogen and oxygen atoms in total. The first-order valence-corrected chi connectivity index (χ1v) is 7.40. The van der Waals surface area contributed by atoms with Crippen LogP contribution in [0.4, 0.5) is 5.82 Å². The molecule has 1 aromatic heterocycles. The number of nitrogens with two attached hydrogens (primary N) is 1. The Kier molecular flexibility index (Phi) is 4.60. The molecule has 0 spiro atoms. The number of nitrogens with zero attached hydrogens (tertiary/aromatic N) is 2. The average molecular weight is 293 g/mol. The third-order valence-corrected chi connectivity index (χ3v) is 4.27. The molecule has 0 amide bonds. The van der Waals surface area contributed by atoms with Gasteiger partial charge in [0.1, 0.15) is 10.8 Å². The molecular formula is C15H23N3OS. The van der Waals surface area contributed by atoms with Crippen LogP contribution in [-0.4, -0.2) is 36.3 Å². The Bertz CT molecular complexity index is 518. The summed E-state index contributed by atoms with van der Waals surface area (Å²) in [5, 5.41) is 0. The number of aryl methyl sites for hydroxylation is 2. The van der Waals surface area contributed by atoms with Crippen LogP contribution in [0.3, 0.4) is 0 Å². The largest absolute Gasteiger partial charge is 0.389 e. The zero-order valence-electron chi connectivity index (χ0n) is 12.6. The van der Waals surface area contributed by atoms with E-state index in [1.807, 2.05) is 19.9 Å². The van der Waals surface area contributed by atoms with E-state index in [2.05, 4.69) is 16.8 Å². The first-order chi connectivity index (χ1) is 9.43. The van der Waals surface area contributed by atoms with E-state index >= 15 is 0 Å². The molecule has 2 rings (SSSR count). The van der Waals surface area contributed by atoms with Crippen molar-refractivity contribution in [3.63, 3.8) is 0 Å². The maximum Gasteiger partial charge on any atom is 0.139 e. The van der Waals surface area contributed by atoms with Crippen molar-refractivity contribution in [3.8, 4) is 0 Å². The molecule has 0 radical (unpaired) electrons. The van der Waals surface area contributed by atoms with E-state index < -0.39 is 0 Å². The standard InChI is InChI=1S/C15H23N3OS/c1-9-5-6-18(8-12(9)19-4)15-13(14(16)20)10(2)7-11(3)17-15/h7,9,12H,5-6,8H2,1-4H3,(H2,16,20). The number of ether oxygens (including phenoxy) is 1. The van der Waals surface area contributed by atoms with Crippen LogP contribution in [0.1, 0.15) is 30.2 Å². The Balaban J connectivity index is 2.39. The summed E-state index contributed by atoms with van der Waals surface area (Å²) in [5.74, 6) is 1.47. The first kappa shape index (κ1) is 15.2. The fourth-order valence-corrected chi connectivity index (χ4v) is 3.14. The number of pyridine rings is 1. The molecular weight excluding hydrogens is 270 g/mol. The predicted octanol–water partition coefficient (Wildman–Crippen LogP) is 2.19. The van der Waals surface area contributed by atoms with Crippen LogP contribution in [0, 0.1) is 19.8 Å². The van der Waals surface area contributed by atoms with Crippen LogP contribution in [0.2, 0.25) is 0 Å². The summed E-state index contributed by atoms with van der Waals surface area (Å²) >= 11 is 5.21. The Morgan fingerprint density at radius 3 is 2.80 bits per heavy atom. The first-order valence-electron chi connectivity index (χ1n) is 6.99. The molecule has 1 aliphatic heterocycles. The van der Waals surface area contributed by atoms with Crippen LogP contribution in [-0.2, 0) is 4.74 Å². The minimum absolute atomic E-state index is 0.227. The van der Waals surface area contributed by atoms with Gasteiger partial charge in [-0.25, -0.2) is 4.98 Å². The minimum atomic E-state index is 0.227. The zero-order chi connectivity index (χ0) is 14.9. The molecule has 0 aromatic carbocycles. The summed E-state index contributed by atoms with van der Waals surface area (Å²) in [7, 11) is 1.77. The highest BCUT2D eigenvalue weighted by molar-refractivity contribution is 7.80. The van der Waals surface area contributed by atoms with Gasteiger partial charge in [-0.1, -0.05) is 19.1 Å². The molecule has 1 aliphatic rings. The SMILES string of the molecule is COC1CN(c2nc(C)cc(C)c2C(N)=S)CCC1C. The number of rotatable bonds is 3. The summed E-state index contributed by atoms with van der Waals surface area (Å²) in [4.78, 5) is 7.34. The van der Waals surface area contributed by atoms with E-state index in [-0.39, 0.29) is 6.10 Å². The highest BCUT2D eigenvalue weighted by atomic mass is 32.1. The molecule has 110 valence electrons. The number of thiocarbonyl (C=S) groups is 1. The maximum absolute atomic E-state index is 5.90. The monoisotopic (exact) mass is 293 g/mol. The van der Waals surface area contributed by atoms with E-state index in [1.54, 1.807) is 7.11 Å². The topological polar surface area (TPSA) is 51.4 Å². The van der Waals surface area contributed by atoms with Gasteiger partial charge in [0, 0.05) is 25.9 Å². The Labute approximate surface area is 126 Å². The second-order valence-electron chi connectivity index (χ2n) is 5.63. The lowest BCUT2D eigenvalue weighted by atomic mass is 9.95. The van der Waals surface area contributed by atoms with E-state index in [1.165, 1.54) is 0 Å². The van der Waals surface area contributed by atoms with E-state index in [4.69, 9.17) is 22.7 Å². The van der Waals surface area contributed by atoms with Gasteiger partial charge in [0.05, 0.1) is 11.7 Å². The van der Waals surface area contributed by atoms with Crippen LogP contribution in [0.5, 0.6) is 0 Å². The molecule has 0 aliphatic carbocycles. The van der Waals surface area contributed by atoms with Gasteiger partial charge in [0.2, 0.25) is 0 Å². The van der Waals surface area contributed by atoms with Crippen molar-refractivity contribution in [3.05, 3.63) is 22.9 Å². The van der Waals surface area contributed by atoms with Crippen molar-refractivity contribution in [2.75, 3.05) is 25.1 Å². The molecule has 20 heavy (non-hydrogen) atoms. The quantitative estimate of drug-likeness (QED) is 0.866. The van der Waals surface area contributed by atoms with Gasteiger partial charge >= 0.3 is 0 Å². The van der Waals surface area contributed by atoms with Crippen LogP contribution in [0.15, 0.2) is 6.07 Å². The molecule has 1 aromatic rings. The minimum Gasteiger partial charge on any atom is -0.389 e. The Morgan fingerprint density at radius 2 is 2.20 bits per heavy atom. The predicted molar refractivity (Wildman–Crippen MR) is 86.4 cm³/mol. The molecule has 5 heteroatoms. The number of anilines is 1. The normalized spacial score (nSPS) is 22.9. The van der Waals surface area contributed by atoms with Gasteiger partial charge in [-0.05, 0) is 37.8 Å². The summed E-state index contributed by atoms with van der Waals surface area (Å²) in [6.45, 7) is 8.07. The van der Waals surface area contributed by atoms with E-state index in [0.717, 1.165) is 42.1 Å². The molecule has 2 N–H and O–H groups in total. The Hall–Kier alpha value is -1.20. The zero-order valence-corrected chi connectivity index (χ0v) is 13.5. The smallest absolute Gasteiger partial charge is 0.139 e. The highest BCUT2D eigenvalue weighted by Crippen LogP contribution is 2.28. The third-order valence-electron chi connectivity index (χ3n) is 4.06. The third kappa shape index (κ3) is 2.94. The molecule has 0 bridgehead atoms. The lowest BCUT2D eigenvalue weighted by Crippen LogP contribution is -2.45. The summed E-state index contributed by atoms with van der Waals surface area (Å²) < 4.78 is 5.58. The van der Waals surface area contributed by atoms with Crippen LogP contribution < -0.4 is 10.6 Å². The van der Waals surface area contributed by atoms with Crippen LogP contribution in [0.25, 0.3) is 0 Å². The van der Waals surface area contributed by atoms with Gasteiger partial charge in [-0.3, -0.25) is 0 Å². The summed E-state index contributed by atoms with van der Waals surface area (Å²) in [5.41, 5.74) is 8.88. The van der Waals surface area contributed by atoms with Gasteiger partial charge in [0.15, 0.2) is 0 Å². The molecule has 2 atom stereocenters. The Morgan fingerprint density at radius 1 is 1.50 bits per heavy atom. The van der Waals surface area contributed by atoms with Crippen molar-refractivity contribution in [1.29, 1.82) is 0 Å². The number of hydrogen-bond acceptors (Lipinski definition) is 4. The van der Waals surface area contributed by atoms with Crippen molar-refractivity contribution in [2.24, 2.45) is 11.7 Å². The van der Waals surface area contributed by atoms with Gasteiger partial charge in [0.25, 0.3) is 0 Å². The number of piperidine rings is 1. The van der Waals surface area contributed by atoms with Crippen molar-refractivity contribution in [2.45, 2.75) is 33.3 Å². The molecule has 2 heterocycles. The average Bonchev–Trinajstić information content (AvgIpc) is 2.37. The second-order valence-corrected chi connectivity index (χ2v) is 6.07. The van der Waals surface area contributed by atoms with E-state index in [9.17, 15) is 0 Å². The summed E-state index contributed by atoms with van der Waals surface area (Å²) in [6.07, 6.45) is 1.31. The summed E-state index contributed by atoms with van der Waals surface area (Å²) in [6, 6.07) is 2.03. The van der Waals surface area contributed by atoms with Crippen LogP contribution >= 0.6 is 12.2 Å². The molecule has 1 fully saturated rings. The number of methoxy groups -OCH3 is 1. The van der Waals surface area contributed by atoms with Crippen molar-refractivity contribution in [1.82, 2.24) is 4.98 Å². The lowest BCUT2D eigenvalue weighted by Gasteiger charge is -2.38. The fraction of sp³-hybridized carbons (Fsp3) is 0.600. The van der Waals surface area contributed by atoms with Gasteiger partial charge in [-0.15, -0.1) is 0 Å². The lowest BCUT2D eigenvalue weighted by molar-refractivity contribution is 0.0496. The number of aromatic nitrogens is 1. The van der Waals surface area contributed by atoms with Crippen molar-refractivity contribution < 1.29 is 4.74 Å². The maximum atomic E-state index is 5.90. The number of hydrogen-bond donors (Lipinski definition) is 1. The second kappa shape index (κ2) is 6.06. The molecule has 2 unspecified atom stereocenters. The fourth-order valence-electron chi connectivity index (χ4n) is 2.88.